The van der Waals surface area contributed by atoms with E-state index in [2.05, 4.69) is 0 Å². The van der Waals surface area contributed by atoms with E-state index in [1.807, 2.05) is 54.2 Å². The lowest BCUT2D eigenvalue weighted by Gasteiger charge is -2.24. The Kier molecular flexibility index (Phi) is 6.39. The Morgan fingerprint density at radius 2 is 1.89 bits per heavy atom. The number of hydrogen-bond acceptors (Lipinski definition) is 3. The summed E-state index contributed by atoms with van der Waals surface area (Å²) in [6.07, 6.45) is 0.839. The zero-order valence-electron chi connectivity index (χ0n) is 11.3. The average molecular weight is 249 g/mol. The lowest BCUT2D eigenvalue weighted by atomic mass is 10.2. The first-order chi connectivity index (χ1) is 8.63. The largest absolute Gasteiger partial charge is 0.337 e. The van der Waals surface area contributed by atoms with Crippen molar-refractivity contribution in [2.45, 2.75) is 13.0 Å². The third kappa shape index (κ3) is 5.29. The van der Waals surface area contributed by atoms with Crippen LogP contribution in [0.3, 0.4) is 0 Å². The molecule has 0 aromatic heterocycles. The van der Waals surface area contributed by atoms with Crippen LogP contribution in [-0.4, -0.2) is 49.4 Å². The topological polar surface area (TPSA) is 49.6 Å². The lowest BCUT2D eigenvalue weighted by Crippen LogP contribution is -2.38. The Morgan fingerprint density at radius 1 is 1.22 bits per heavy atom. The maximum Gasteiger partial charge on any atom is 0.237 e. The molecule has 0 aliphatic rings. The molecule has 0 radical (unpaired) electrons. The van der Waals surface area contributed by atoms with Crippen LogP contribution in [0, 0.1) is 0 Å². The summed E-state index contributed by atoms with van der Waals surface area (Å²) < 4.78 is 0. The molecule has 0 aliphatic heterocycles. The summed E-state index contributed by atoms with van der Waals surface area (Å²) in [4.78, 5) is 15.9. The molecular formula is C14H23N3O. The van der Waals surface area contributed by atoms with Gasteiger partial charge < -0.3 is 15.5 Å². The first-order valence-electron chi connectivity index (χ1n) is 6.30. The Morgan fingerprint density at radius 3 is 2.44 bits per heavy atom. The van der Waals surface area contributed by atoms with Gasteiger partial charge in [-0.3, -0.25) is 4.79 Å². The van der Waals surface area contributed by atoms with Gasteiger partial charge in [0.1, 0.15) is 0 Å². The molecule has 0 aliphatic carbocycles. The SMILES string of the molecule is CN(C)CC(=O)N(CCCN)Cc1ccccc1. The summed E-state index contributed by atoms with van der Waals surface area (Å²) in [7, 11) is 3.81. The highest BCUT2D eigenvalue weighted by Gasteiger charge is 2.13. The molecule has 0 heterocycles. The number of nitrogens with zero attached hydrogens (tertiary/aromatic N) is 2. The Hall–Kier alpha value is -1.39. The van der Waals surface area contributed by atoms with Crippen LogP contribution in [0.2, 0.25) is 0 Å². The van der Waals surface area contributed by atoms with E-state index in [9.17, 15) is 4.79 Å². The fourth-order valence-corrected chi connectivity index (χ4v) is 1.75. The van der Waals surface area contributed by atoms with Crippen molar-refractivity contribution >= 4 is 5.91 Å². The minimum atomic E-state index is 0.150. The van der Waals surface area contributed by atoms with E-state index in [-0.39, 0.29) is 5.91 Å². The van der Waals surface area contributed by atoms with Crippen molar-refractivity contribution in [1.82, 2.24) is 9.80 Å². The van der Waals surface area contributed by atoms with E-state index in [1.165, 1.54) is 0 Å². The van der Waals surface area contributed by atoms with Gasteiger partial charge in [-0.1, -0.05) is 30.3 Å². The van der Waals surface area contributed by atoms with Crippen LogP contribution >= 0.6 is 0 Å². The average Bonchev–Trinajstić information content (AvgIpc) is 2.34. The van der Waals surface area contributed by atoms with Gasteiger partial charge in [-0.25, -0.2) is 0 Å². The molecule has 0 spiro atoms. The van der Waals surface area contributed by atoms with Gasteiger partial charge in [0, 0.05) is 13.1 Å². The van der Waals surface area contributed by atoms with Crippen molar-refractivity contribution in [2.75, 3.05) is 33.7 Å². The van der Waals surface area contributed by atoms with E-state index in [0.717, 1.165) is 18.5 Å². The van der Waals surface area contributed by atoms with Gasteiger partial charge >= 0.3 is 0 Å². The fourth-order valence-electron chi connectivity index (χ4n) is 1.75. The molecule has 1 amide bonds. The van der Waals surface area contributed by atoms with Crippen molar-refractivity contribution < 1.29 is 4.79 Å². The van der Waals surface area contributed by atoms with Crippen LogP contribution in [0.1, 0.15) is 12.0 Å². The molecule has 1 rings (SSSR count). The number of likely N-dealkylation sites (N-methyl/N-ethyl adjacent to an activating group) is 1. The highest BCUT2D eigenvalue weighted by atomic mass is 16.2. The van der Waals surface area contributed by atoms with Gasteiger partial charge in [-0.05, 0) is 32.6 Å². The summed E-state index contributed by atoms with van der Waals surface area (Å²) in [6.45, 7) is 2.43. The van der Waals surface area contributed by atoms with Gasteiger partial charge in [0.2, 0.25) is 5.91 Å². The molecule has 0 fully saturated rings. The molecule has 0 saturated carbocycles. The molecule has 0 atom stereocenters. The monoisotopic (exact) mass is 249 g/mol. The van der Waals surface area contributed by atoms with Crippen molar-refractivity contribution in [1.29, 1.82) is 0 Å². The maximum atomic E-state index is 12.1. The van der Waals surface area contributed by atoms with Crippen LogP contribution in [0.25, 0.3) is 0 Å². The number of rotatable bonds is 7. The number of carbonyl (C=O) groups is 1. The van der Waals surface area contributed by atoms with Crippen LogP contribution < -0.4 is 5.73 Å². The van der Waals surface area contributed by atoms with Gasteiger partial charge in [-0.2, -0.15) is 0 Å². The second-order valence-electron chi connectivity index (χ2n) is 4.68. The summed E-state index contributed by atoms with van der Waals surface area (Å²) in [5, 5.41) is 0. The minimum Gasteiger partial charge on any atom is -0.337 e. The van der Waals surface area contributed by atoms with Crippen molar-refractivity contribution in [3.63, 3.8) is 0 Å². The number of amides is 1. The summed E-state index contributed by atoms with van der Waals surface area (Å²) in [5.41, 5.74) is 6.68. The second kappa shape index (κ2) is 7.84. The quantitative estimate of drug-likeness (QED) is 0.782. The zero-order valence-corrected chi connectivity index (χ0v) is 11.3. The van der Waals surface area contributed by atoms with Gasteiger partial charge in [0.05, 0.1) is 6.54 Å². The molecule has 4 nitrogen and oxygen atoms in total. The van der Waals surface area contributed by atoms with Crippen molar-refractivity contribution in [2.24, 2.45) is 5.73 Å². The third-order valence-corrected chi connectivity index (χ3v) is 2.65. The molecule has 0 saturated heterocycles. The van der Waals surface area contributed by atoms with Crippen LogP contribution in [0.5, 0.6) is 0 Å². The first-order valence-corrected chi connectivity index (χ1v) is 6.30. The number of carbonyl (C=O) groups excluding carboxylic acids is 1. The number of benzene rings is 1. The number of hydrogen-bond donors (Lipinski definition) is 1. The van der Waals surface area contributed by atoms with E-state index in [4.69, 9.17) is 5.73 Å². The Balaban J connectivity index is 2.63. The Labute approximate surface area is 109 Å². The normalized spacial score (nSPS) is 10.7. The van der Waals surface area contributed by atoms with Crippen molar-refractivity contribution in [3.8, 4) is 0 Å². The van der Waals surface area contributed by atoms with Gasteiger partial charge in [0.15, 0.2) is 0 Å². The van der Waals surface area contributed by atoms with Crippen LogP contribution in [-0.2, 0) is 11.3 Å². The maximum absolute atomic E-state index is 12.1. The highest BCUT2D eigenvalue weighted by molar-refractivity contribution is 5.78. The molecule has 0 bridgehead atoms. The molecule has 1 aromatic rings. The fraction of sp³-hybridized carbons (Fsp3) is 0.500. The predicted molar refractivity (Wildman–Crippen MR) is 74.1 cm³/mol. The molecular weight excluding hydrogens is 226 g/mol. The smallest absolute Gasteiger partial charge is 0.237 e. The molecule has 18 heavy (non-hydrogen) atoms. The van der Waals surface area contributed by atoms with Gasteiger partial charge in [0.25, 0.3) is 0 Å². The summed E-state index contributed by atoms with van der Waals surface area (Å²) in [6, 6.07) is 10.0. The van der Waals surface area contributed by atoms with E-state index >= 15 is 0 Å². The van der Waals surface area contributed by atoms with Crippen LogP contribution in [0.4, 0.5) is 0 Å². The third-order valence-electron chi connectivity index (χ3n) is 2.65. The van der Waals surface area contributed by atoms with E-state index in [0.29, 0.717) is 19.6 Å². The zero-order chi connectivity index (χ0) is 13.4. The summed E-state index contributed by atoms with van der Waals surface area (Å²) >= 11 is 0. The van der Waals surface area contributed by atoms with Crippen LogP contribution in [0.15, 0.2) is 30.3 Å². The Bertz CT molecular complexity index is 351. The first kappa shape index (κ1) is 14.7. The van der Waals surface area contributed by atoms with Crippen molar-refractivity contribution in [3.05, 3.63) is 35.9 Å². The highest BCUT2D eigenvalue weighted by Crippen LogP contribution is 2.05. The minimum absolute atomic E-state index is 0.150. The van der Waals surface area contributed by atoms with E-state index in [1.54, 1.807) is 0 Å². The molecule has 100 valence electrons. The summed E-state index contributed by atoms with van der Waals surface area (Å²) in [5.74, 6) is 0.150. The number of nitrogens with two attached hydrogens (primary N) is 1. The van der Waals surface area contributed by atoms with E-state index < -0.39 is 0 Å². The lowest BCUT2D eigenvalue weighted by molar-refractivity contribution is -0.132. The molecule has 2 N–H and O–H groups in total. The molecule has 0 unspecified atom stereocenters. The molecule has 1 aromatic carbocycles. The predicted octanol–water partition coefficient (Wildman–Crippen LogP) is 0.926. The molecule has 4 heteroatoms. The standard InChI is InChI=1S/C14H23N3O/c1-16(2)12-14(18)17(10-6-9-15)11-13-7-4-3-5-8-13/h3-5,7-8H,6,9-12,15H2,1-2H3. The van der Waals surface area contributed by atoms with Gasteiger partial charge in [-0.15, -0.1) is 0 Å². The second-order valence-corrected chi connectivity index (χ2v) is 4.68.